The van der Waals surface area contributed by atoms with E-state index in [1.54, 1.807) is 0 Å². The van der Waals surface area contributed by atoms with Crippen LogP contribution in [0.1, 0.15) is 29.5 Å². The molecule has 0 atom stereocenters. The van der Waals surface area contributed by atoms with Crippen molar-refractivity contribution < 1.29 is 40.3 Å². The van der Waals surface area contributed by atoms with Crippen molar-refractivity contribution in [3.05, 3.63) is 65.1 Å². The zero-order valence-electron chi connectivity index (χ0n) is 19.2. The molecule has 0 aliphatic heterocycles. The molecule has 196 valence electrons. The first-order valence-electron chi connectivity index (χ1n) is 10.8. The van der Waals surface area contributed by atoms with Gasteiger partial charge in [0.05, 0.1) is 17.7 Å². The van der Waals surface area contributed by atoms with Gasteiger partial charge in [0.1, 0.15) is 5.82 Å². The van der Waals surface area contributed by atoms with Gasteiger partial charge >= 0.3 is 18.4 Å². The molecule has 0 aromatic heterocycles. The van der Waals surface area contributed by atoms with Crippen molar-refractivity contribution >= 4 is 23.6 Å². The fraction of sp³-hybridized carbons (Fsp3) is 0.280. The first kappa shape index (κ1) is 27.6. The van der Waals surface area contributed by atoms with Crippen molar-refractivity contribution in [3.8, 4) is 17.6 Å². The molecule has 0 unspecified atom stereocenters. The fourth-order valence-electron chi connectivity index (χ4n) is 3.09. The van der Waals surface area contributed by atoms with Gasteiger partial charge in [0.2, 0.25) is 0 Å². The Hall–Kier alpha value is -4.01. The summed E-state index contributed by atoms with van der Waals surface area (Å²) in [5, 5.41) is 10.2. The summed E-state index contributed by atoms with van der Waals surface area (Å²) in [4.78, 5) is 13.5. The quantitative estimate of drug-likeness (QED) is 0.195. The summed E-state index contributed by atoms with van der Waals surface area (Å²) in [5.74, 6) is 4.11. The Labute approximate surface area is 207 Å². The maximum atomic E-state index is 13.9. The molecule has 2 N–H and O–H groups in total. The maximum Gasteiger partial charge on any atom is 0.420 e. The van der Waals surface area contributed by atoms with Crippen molar-refractivity contribution in [1.29, 1.82) is 5.41 Å². The Kier molecular flexibility index (Phi) is 8.15. The number of rotatable bonds is 6. The van der Waals surface area contributed by atoms with Crippen LogP contribution in [-0.2, 0) is 12.4 Å². The number of allylic oxidation sites excluding steroid dienone is 1. The molecule has 1 aliphatic carbocycles. The molecule has 0 radical (unpaired) electrons. The van der Waals surface area contributed by atoms with Crippen molar-refractivity contribution in [1.82, 2.24) is 5.32 Å². The Balaban J connectivity index is 2.07. The maximum absolute atomic E-state index is 13.9. The van der Waals surface area contributed by atoms with Gasteiger partial charge in [0, 0.05) is 42.2 Å². The van der Waals surface area contributed by atoms with Gasteiger partial charge in [-0.3, -0.25) is 4.90 Å². The molecule has 1 aliphatic rings. The molecule has 0 spiro atoms. The lowest BCUT2D eigenvalue weighted by Gasteiger charge is -2.22. The Bertz CT molecular complexity index is 1250. The number of benzene rings is 2. The lowest BCUT2D eigenvalue weighted by Crippen LogP contribution is -2.30. The van der Waals surface area contributed by atoms with Gasteiger partial charge in [0.25, 0.3) is 0 Å². The number of alkyl halides is 6. The molecule has 37 heavy (non-hydrogen) atoms. The third-order valence-corrected chi connectivity index (χ3v) is 5.20. The van der Waals surface area contributed by atoms with Crippen LogP contribution in [0.2, 0.25) is 0 Å². The summed E-state index contributed by atoms with van der Waals surface area (Å²) in [7, 11) is 1.13. The van der Waals surface area contributed by atoms with Gasteiger partial charge in [-0.1, -0.05) is 11.8 Å². The third-order valence-electron chi connectivity index (χ3n) is 5.20. The average molecular weight is 527 g/mol. The smallest absolute Gasteiger partial charge is 0.409 e. The summed E-state index contributed by atoms with van der Waals surface area (Å²) >= 11 is 0. The highest BCUT2D eigenvalue weighted by molar-refractivity contribution is 6.10. The summed E-state index contributed by atoms with van der Waals surface area (Å²) in [5.41, 5.74) is -4.67. The van der Waals surface area contributed by atoms with Gasteiger partial charge in [0.15, 0.2) is 5.75 Å². The molecule has 0 saturated heterocycles. The second kappa shape index (κ2) is 10.9. The monoisotopic (exact) mass is 527 g/mol. The molecule has 1 saturated carbocycles. The van der Waals surface area contributed by atoms with Crippen LogP contribution in [0.15, 0.2) is 42.6 Å². The fourth-order valence-corrected chi connectivity index (χ4v) is 3.09. The lowest BCUT2D eigenvalue weighted by atomic mass is 9.98. The minimum Gasteiger partial charge on any atom is -0.409 e. The molecule has 0 bridgehead atoms. The van der Waals surface area contributed by atoms with E-state index in [9.17, 15) is 35.5 Å². The van der Waals surface area contributed by atoms with Gasteiger partial charge in [-0.25, -0.2) is 9.18 Å². The van der Waals surface area contributed by atoms with Crippen molar-refractivity contribution in [3.63, 3.8) is 0 Å². The zero-order chi connectivity index (χ0) is 27.4. The topological polar surface area (TPSA) is 65.4 Å². The van der Waals surface area contributed by atoms with Crippen LogP contribution in [0, 0.1) is 29.0 Å². The van der Waals surface area contributed by atoms with Gasteiger partial charge < -0.3 is 15.5 Å². The van der Waals surface area contributed by atoms with Gasteiger partial charge in [-0.2, -0.15) is 26.3 Å². The van der Waals surface area contributed by atoms with E-state index in [1.807, 2.05) is 0 Å². The average Bonchev–Trinajstić information content (AvgIpc) is 3.64. The highest BCUT2D eigenvalue weighted by atomic mass is 19.4. The van der Waals surface area contributed by atoms with E-state index in [-0.39, 0.29) is 24.2 Å². The SMILES string of the molecule is CN(C(=O)Oc1c(/C(C=N)=C/NCC#CC2CC2)cc(C(F)(F)F)cc1C(F)(F)F)c1ccc(F)cc1. The number of ether oxygens (including phenoxy) is 1. The highest BCUT2D eigenvalue weighted by Crippen LogP contribution is 2.44. The van der Waals surface area contributed by atoms with Crippen LogP contribution in [0.4, 0.5) is 41.2 Å². The highest BCUT2D eigenvalue weighted by Gasteiger charge is 2.41. The van der Waals surface area contributed by atoms with E-state index >= 15 is 0 Å². The second-order valence-electron chi connectivity index (χ2n) is 8.02. The number of hydrogen-bond donors (Lipinski definition) is 2. The normalized spacial score (nSPS) is 13.9. The molecule has 0 heterocycles. The van der Waals surface area contributed by atoms with Gasteiger partial charge in [-0.05, 0) is 49.2 Å². The standard InChI is InChI=1S/C25H20F7N3O2/c1-35(19-8-6-18(26)7-9-19)23(36)37-22-20(16(13-33)14-34-10-2-3-15-4-5-15)11-17(24(27,28)29)12-21(22)25(30,31)32/h6-9,11-15,33-34H,4-5,10H2,1H3/b16-14+,33-13?. The van der Waals surface area contributed by atoms with Crippen LogP contribution in [0.3, 0.4) is 0 Å². The number of nitrogens with zero attached hydrogens (tertiary/aromatic N) is 1. The largest absolute Gasteiger partial charge is 0.420 e. The van der Waals surface area contributed by atoms with Crippen molar-refractivity contribution in [2.75, 3.05) is 18.5 Å². The van der Waals surface area contributed by atoms with E-state index in [2.05, 4.69) is 17.2 Å². The first-order valence-corrected chi connectivity index (χ1v) is 10.8. The number of carbonyl (C=O) groups is 1. The molecule has 2 aromatic carbocycles. The van der Waals surface area contributed by atoms with Crippen molar-refractivity contribution in [2.45, 2.75) is 25.2 Å². The van der Waals surface area contributed by atoms with Crippen LogP contribution in [0.25, 0.3) is 5.57 Å². The molecule has 1 fully saturated rings. The number of anilines is 1. The minimum atomic E-state index is -5.35. The number of amides is 1. The predicted octanol–water partition coefficient (Wildman–Crippen LogP) is 6.49. The van der Waals surface area contributed by atoms with E-state index in [0.717, 1.165) is 55.3 Å². The Morgan fingerprint density at radius 2 is 1.78 bits per heavy atom. The number of hydrogen-bond acceptors (Lipinski definition) is 4. The van der Waals surface area contributed by atoms with Crippen LogP contribution in [-0.4, -0.2) is 25.9 Å². The second-order valence-corrected chi connectivity index (χ2v) is 8.02. The number of halogens is 7. The van der Waals surface area contributed by atoms with Gasteiger partial charge in [-0.15, -0.1) is 0 Å². The Morgan fingerprint density at radius 1 is 1.14 bits per heavy atom. The molecule has 2 aromatic rings. The van der Waals surface area contributed by atoms with E-state index in [0.29, 0.717) is 12.3 Å². The summed E-state index contributed by atoms with van der Waals surface area (Å²) in [6.07, 6.45) is -8.44. The van der Waals surface area contributed by atoms with E-state index < -0.39 is 52.3 Å². The predicted molar refractivity (Wildman–Crippen MR) is 123 cm³/mol. The third kappa shape index (κ3) is 7.25. The minimum absolute atomic E-state index is 0.0291. The number of carbonyl (C=O) groups excluding carboxylic acids is 1. The van der Waals surface area contributed by atoms with E-state index in [4.69, 9.17) is 10.1 Å². The molecule has 3 rings (SSSR count). The summed E-state index contributed by atoms with van der Waals surface area (Å²) < 4.78 is 100. The summed E-state index contributed by atoms with van der Waals surface area (Å²) in [6.45, 7) is 0.0291. The van der Waals surface area contributed by atoms with Crippen molar-refractivity contribution in [2.24, 2.45) is 5.92 Å². The molecular weight excluding hydrogens is 507 g/mol. The molecule has 5 nitrogen and oxygen atoms in total. The zero-order valence-corrected chi connectivity index (χ0v) is 19.2. The van der Waals surface area contributed by atoms with Crippen LogP contribution < -0.4 is 15.0 Å². The lowest BCUT2D eigenvalue weighted by molar-refractivity contribution is -0.143. The molecule has 1 amide bonds. The van der Waals surface area contributed by atoms with Crippen LogP contribution >= 0.6 is 0 Å². The molecule has 12 heteroatoms. The first-order chi connectivity index (χ1) is 17.3. The Morgan fingerprint density at radius 3 is 2.32 bits per heavy atom. The van der Waals surface area contributed by atoms with E-state index in [1.165, 1.54) is 0 Å². The van der Waals surface area contributed by atoms with Crippen LogP contribution in [0.5, 0.6) is 5.75 Å². The molecular formula is C25H20F7N3O2. The number of nitrogens with one attached hydrogen (secondary N) is 2. The summed E-state index contributed by atoms with van der Waals surface area (Å²) in [6, 6.07) is 4.51.